The fraction of sp³-hybridized carbons (Fsp3) is 0.875. The molecule has 0 heterocycles. The van der Waals surface area contributed by atoms with Gasteiger partial charge in [0.2, 0.25) is 0 Å². The predicted molar refractivity (Wildman–Crippen MR) is 41.9 cm³/mol. The topological polar surface area (TPSA) is 52.3 Å². The molecule has 11 heavy (non-hydrogen) atoms. The zero-order chi connectivity index (χ0) is 8.27. The number of ether oxygens (including phenoxy) is 1. The van der Waals surface area contributed by atoms with E-state index >= 15 is 0 Å². The molecule has 1 aliphatic rings. The average Bonchev–Trinajstić information content (AvgIpc) is 2.53. The van der Waals surface area contributed by atoms with E-state index in [1.54, 1.807) is 0 Å². The van der Waals surface area contributed by atoms with Crippen molar-refractivity contribution in [1.29, 1.82) is 0 Å². The molecule has 0 bridgehead atoms. The molecule has 0 aliphatic heterocycles. The van der Waals surface area contributed by atoms with Crippen LogP contribution in [0.1, 0.15) is 25.7 Å². The molecule has 0 aromatic rings. The van der Waals surface area contributed by atoms with E-state index in [1.165, 1.54) is 20.0 Å². The first-order valence-electron chi connectivity index (χ1n) is 4.09. The van der Waals surface area contributed by atoms with Crippen LogP contribution in [0.3, 0.4) is 0 Å². The van der Waals surface area contributed by atoms with Gasteiger partial charge in [0.25, 0.3) is 0 Å². The van der Waals surface area contributed by atoms with Crippen molar-refractivity contribution in [2.24, 2.45) is 11.7 Å². The van der Waals surface area contributed by atoms with Gasteiger partial charge in [-0.15, -0.1) is 0 Å². The Hall–Kier alpha value is -0.570. The fourth-order valence-electron chi connectivity index (χ4n) is 1.65. The van der Waals surface area contributed by atoms with Crippen LogP contribution in [0.2, 0.25) is 0 Å². The SMILES string of the molecule is COC(=O)C(N)C1CCCC1. The summed E-state index contributed by atoms with van der Waals surface area (Å²) in [7, 11) is 1.39. The largest absolute Gasteiger partial charge is 0.468 e. The Balaban J connectivity index is 2.39. The van der Waals surface area contributed by atoms with Crippen molar-refractivity contribution in [1.82, 2.24) is 0 Å². The maximum absolute atomic E-state index is 11.0. The highest BCUT2D eigenvalue weighted by Gasteiger charge is 2.27. The minimum absolute atomic E-state index is 0.267. The van der Waals surface area contributed by atoms with Gasteiger partial charge in [0.1, 0.15) is 6.04 Å². The molecule has 1 atom stereocenters. The van der Waals surface area contributed by atoms with Gasteiger partial charge in [0.15, 0.2) is 0 Å². The molecule has 1 fully saturated rings. The molecule has 1 saturated carbocycles. The van der Waals surface area contributed by atoms with Gasteiger partial charge in [-0.05, 0) is 18.8 Å². The van der Waals surface area contributed by atoms with E-state index in [9.17, 15) is 4.79 Å². The lowest BCUT2D eigenvalue weighted by Crippen LogP contribution is -2.37. The molecule has 1 unspecified atom stereocenters. The molecule has 64 valence electrons. The van der Waals surface area contributed by atoms with Gasteiger partial charge >= 0.3 is 5.97 Å². The predicted octanol–water partition coefficient (Wildman–Crippen LogP) is 0.677. The molecule has 0 spiro atoms. The smallest absolute Gasteiger partial charge is 0.322 e. The van der Waals surface area contributed by atoms with E-state index in [-0.39, 0.29) is 12.0 Å². The van der Waals surface area contributed by atoms with Crippen LogP contribution in [0.5, 0.6) is 0 Å². The Labute approximate surface area is 66.9 Å². The van der Waals surface area contributed by atoms with Gasteiger partial charge in [0, 0.05) is 0 Å². The van der Waals surface area contributed by atoms with Crippen molar-refractivity contribution in [2.75, 3.05) is 7.11 Å². The monoisotopic (exact) mass is 157 g/mol. The highest BCUT2D eigenvalue weighted by molar-refractivity contribution is 5.75. The lowest BCUT2D eigenvalue weighted by Gasteiger charge is -2.15. The third kappa shape index (κ3) is 1.93. The van der Waals surface area contributed by atoms with Crippen molar-refractivity contribution >= 4 is 5.97 Å². The number of carbonyl (C=O) groups is 1. The Bertz CT molecular complexity index is 141. The molecule has 0 radical (unpaired) electrons. The number of rotatable bonds is 2. The Morgan fingerprint density at radius 1 is 1.55 bits per heavy atom. The minimum atomic E-state index is -0.387. The summed E-state index contributed by atoms with van der Waals surface area (Å²) in [4.78, 5) is 11.0. The first-order valence-corrected chi connectivity index (χ1v) is 4.09. The van der Waals surface area contributed by atoms with Crippen molar-refractivity contribution in [3.05, 3.63) is 0 Å². The summed E-state index contributed by atoms with van der Waals surface area (Å²) in [5.41, 5.74) is 5.66. The summed E-state index contributed by atoms with van der Waals surface area (Å²) in [6.45, 7) is 0. The number of methoxy groups -OCH3 is 1. The zero-order valence-corrected chi connectivity index (χ0v) is 6.88. The van der Waals surface area contributed by atoms with Crippen LogP contribution in [0.4, 0.5) is 0 Å². The second-order valence-electron chi connectivity index (χ2n) is 3.09. The van der Waals surface area contributed by atoms with Crippen LogP contribution in [0.25, 0.3) is 0 Å². The lowest BCUT2D eigenvalue weighted by atomic mass is 9.99. The summed E-state index contributed by atoms with van der Waals surface area (Å²) in [6.07, 6.45) is 4.57. The quantitative estimate of drug-likeness (QED) is 0.599. The van der Waals surface area contributed by atoms with E-state index in [0.717, 1.165) is 12.8 Å². The average molecular weight is 157 g/mol. The van der Waals surface area contributed by atoms with Gasteiger partial charge in [-0.2, -0.15) is 0 Å². The molecule has 2 N–H and O–H groups in total. The van der Waals surface area contributed by atoms with Crippen molar-refractivity contribution in [2.45, 2.75) is 31.7 Å². The maximum Gasteiger partial charge on any atom is 0.322 e. The van der Waals surface area contributed by atoms with Crippen LogP contribution in [0.15, 0.2) is 0 Å². The highest BCUT2D eigenvalue weighted by atomic mass is 16.5. The van der Waals surface area contributed by atoms with Crippen LogP contribution in [-0.2, 0) is 9.53 Å². The molecule has 0 saturated heterocycles. The summed E-state index contributed by atoms with van der Waals surface area (Å²) in [5, 5.41) is 0. The standard InChI is InChI=1S/C8H15NO2/c1-11-8(10)7(9)6-4-2-3-5-6/h6-7H,2-5,9H2,1H3. The molecule has 0 aromatic carbocycles. The molecule has 3 heteroatoms. The second kappa shape index (κ2) is 3.72. The lowest BCUT2D eigenvalue weighted by molar-refractivity contribution is -0.143. The van der Waals surface area contributed by atoms with Crippen LogP contribution in [0, 0.1) is 5.92 Å². The van der Waals surface area contributed by atoms with Gasteiger partial charge in [-0.25, -0.2) is 0 Å². The molecule has 1 rings (SSSR count). The van der Waals surface area contributed by atoms with E-state index in [4.69, 9.17) is 5.73 Å². The molecule has 0 amide bonds. The van der Waals surface area contributed by atoms with Gasteiger partial charge in [-0.3, -0.25) is 4.79 Å². The fourth-order valence-corrected chi connectivity index (χ4v) is 1.65. The number of hydrogen-bond donors (Lipinski definition) is 1. The van der Waals surface area contributed by atoms with E-state index in [1.807, 2.05) is 0 Å². The Kier molecular flexibility index (Phi) is 2.88. The zero-order valence-electron chi connectivity index (χ0n) is 6.88. The highest BCUT2D eigenvalue weighted by Crippen LogP contribution is 2.27. The summed E-state index contributed by atoms with van der Waals surface area (Å²) in [5.74, 6) is 0.0966. The summed E-state index contributed by atoms with van der Waals surface area (Å²) in [6, 6.07) is -0.387. The van der Waals surface area contributed by atoms with Crippen molar-refractivity contribution < 1.29 is 9.53 Å². The van der Waals surface area contributed by atoms with Crippen molar-refractivity contribution in [3.8, 4) is 0 Å². The van der Waals surface area contributed by atoms with E-state index < -0.39 is 0 Å². The molecular weight excluding hydrogens is 142 g/mol. The van der Waals surface area contributed by atoms with Crippen LogP contribution >= 0.6 is 0 Å². The Morgan fingerprint density at radius 3 is 2.55 bits per heavy atom. The minimum Gasteiger partial charge on any atom is -0.468 e. The molecular formula is C8H15NO2. The normalized spacial score (nSPS) is 21.6. The number of nitrogens with two attached hydrogens (primary N) is 1. The first-order chi connectivity index (χ1) is 5.25. The van der Waals surface area contributed by atoms with Crippen LogP contribution < -0.4 is 5.73 Å². The van der Waals surface area contributed by atoms with Crippen LogP contribution in [-0.4, -0.2) is 19.1 Å². The third-order valence-corrected chi connectivity index (χ3v) is 2.38. The molecule has 1 aliphatic carbocycles. The second-order valence-corrected chi connectivity index (χ2v) is 3.09. The molecule has 0 aromatic heterocycles. The third-order valence-electron chi connectivity index (χ3n) is 2.38. The number of hydrogen-bond acceptors (Lipinski definition) is 3. The summed E-state index contributed by atoms with van der Waals surface area (Å²) < 4.78 is 4.56. The first kappa shape index (κ1) is 8.53. The Morgan fingerprint density at radius 2 is 2.09 bits per heavy atom. The van der Waals surface area contributed by atoms with E-state index in [0.29, 0.717) is 5.92 Å². The van der Waals surface area contributed by atoms with Crippen molar-refractivity contribution in [3.63, 3.8) is 0 Å². The number of esters is 1. The number of carbonyl (C=O) groups excluding carboxylic acids is 1. The summed E-state index contributed by atoms with van der Waals surface area (Å²) >= 11 is 0. The van der Waals surface area contributed by atoms with Gasteiger partial charge < -0.3 is 10.5 Å². The van der Waals surface area contributed by atoms with Gasteiger partial charge in [0.05, 0.1) is 7.11 Å². The maximum atomic E-state index is 11.0. The van der Waals surface area contributed by atoms with E-state index in [2.05, 4.69) is 4.74 Å². The van der Waals surface area contributed by atoms with Gasteiger partial charge in [-0.1, -0.05) is 12.8 Å². The molecule has 3 nitrogen and oxygen atoms in total.